The van der Waals surface area contributed by atoms with Gasteiger partial charge in [0.25, 0.3) is 0 Å². The number of carbonyl (C=O) groups excluding carboxylic acids is 3. The Labute approximate surface area is 156 Å². The molecule has 26 heavy (non-hydrogen) atoms. The van der Waals surface area contributed by atoms with Gasteiger partial charge in [-0.3, -0.25) is 0 Å². The molecule has 0 fully saturated rings. The summed E-state index contributed by atoms with van der Waals surface area (Å²) in [5.74, 6) is -1.64. The Bertz CT molecular complexity index is 538. The molecule has 3 atom stereocenters. The van der Waals surface area contributed by atoms with Gasteiger partial charge in [-0.05, 0) is 41.5 Å². The summed E-state index contributed by atoms with van der Waals surface area (Å²) < 4.78 is 16.5. The summed E-state index contributed by atoms with van der Waals surface area (Å²) in [4.78, 5) is 35.9. The predicted octanol–water partition coefficient (Wildman–Crippen LogP) is 3.21. The maximum absolute atomic E-state index is 12.0. The van der Waals surface area contributed by atoms with E-state index in [2.05, 4.69) is 19.7 Å². The summed E-state index contributed by atoms with van der Waals surface area (Å²) >= 11 is 0. The average Bonchev–Trinajstić information content (AvgIpc) is 2.52. The normalized spacial score (nSPS) is 16.3. The zero-order valence-electron chi connectivity index (χ0n) is 16.8. The van der Waals surface area contributed by atoms with Crippen molar-refractivity contribution in [3.63, 3.8) is 0 Å². The molecule has 0 rings (SSSR count). The van der Waals surface area contributed by atoms with Crippen molar-refractivity contribution in [1.82, 2.24) is 0 Å². The number of ether oxygens (including phenoxy) is 3. The minimum atomic E-state index is -2.84. The molecule has 0 aliphatic heterocycles. The molecule has 0 saturated heterocycles. The Morgan fingerprint density at radius 2 is 0.846 bits per heavy atom. The van der Waals surface area contributed by atoms with Gasteiger partial charge in [0, 0.05) is 16.7 Å². The number of rotatable bonds is 9. The quantitative estimate of drug-likeness (QED) is 0.264. The van der Waals surface area contributed by atoms with Crippen LogP contribution in [-0.2, 0) is 28.6 Å². The summed E-state index contributed by atoms with van der Waals surface area (Å²) in [6.07, 6.45) is 0. The van der Waals surface area contributed by atoms with Crippen LogP contribution in [0.2, 0.25) is 6.55 Å². The molecule has 3 unspecified atom stereocenters. The first-order chi connectivity index (χ1) is 11.7. The molecule has 0 aromatic rings. The molecule has 0 aliphatic carbocycles. The average molecular weight is 383 g/mol. The second-order valence-corrected chi connectivity index (χ2v) is 12.0. The maximum atomic E-state index is 12.0. The number of hydrogen-bond acceptors (Lipinski definition) is 6. The van der Waals surface area contributed by atoms with Crippen molar-refractivity contribution in [2.75, 3.05) is 0 Å². The Balaban J connectivity index is 5.74. The highest BCUT2D eigenvalue weighted by molar-refractivity contribution is 6.82. The third-order valence-corrected chi connectivity index (χ3v) is 10.1. The Kier molecular flexibility index (Phi) is 8.73. The van der Waals surface area contributed by atoms with Crippen LogP contribution in [0.3, 0.4) is 0 Å². The molecule has 0 bridgehead atoms. The first kappa shape index (κ1) is 23.8. The van der Waals surface area contributed by atoms with E-state index in [1.165, 1.54) is 0 Å². The maximum Gasteiger partial charge on any atom is 0.333 e. The smallest absolute Gasteiger partial charge is 0.333 e. The summed E-state index contributed by atoms with van der Waals surface area (Å²) in [6, 6.07) is 0. The molecule has 6 nitrogen and oxygen atoms in total. The van der Waals surface area contributed by atoms with Crippen LogP contribution in [0.5, 0.6) is 0 Å². The Morgan fingerprint density at radius 1 is 0.654 bits per heavy atom. The van der Waals surface area contributed by atoms with Crippen molar-refractivity contribution >= 4 is 26.0 Å². The first-order valence-electron chi connectivity index (χ1n) is 8.34. The lowest BCUT2D eigenvalue weighted by Gasteiger charge is -2.40. The fourth-order valence-electron chi connectivity index (χ4n) is 2.16. The van der Waals surface area contributed by atoms with E-state index in [-0.39, 0.29) is 16.7 Å². The van der Waals surface area contributed by atoms with Gasteiger partial charge in [-0.2, -0.15) is 0 Å². The lowest BCUT2D eigenvalue weighted by molar-refractivity contribution is -0.143. The van der Waals surface area contributed by atoms with Crippen molar-refractivity contribution in [3.05, 3.63) is 36.5 Å². The van der Waals surface area contributed by atoms with Crippen LogP contribution in [0, 0.1) is 0 Å². The second-order valence-electron chi connectivity index (χ2n) is 6.85. The molecule has 0 amide bonds. The SMILES string of the molecule is C=C(C)C(=O)OC(C)[Si](C)(C(C)OC(=O)C(=C)C)C(C)OC(=O)C(=C)C. The van der Waals surface area contributed by atoms with Crippen LogP contribution in [-0.4, -0.2) is 43.2 Å². The van der Waals surface area contributed by atoms with Crippen molar-refractivity contribution in [2.24, 2.45) is 0 Å². The van der Waals surface area contributed by atoms with Crippen LogP contribution in [0.25, 0.3) is 0 Å². The monoisotopic (exact) mass is 382 g/mol. The Hall–Kier alpha value is -2.15. The molecule has 0 aliphatic rings. The first-order valence-corrected chi connectivity index (χ1v) is 11.1. The largest absolute Gasteiger partial charge is 0.463 e. The molecule has 146 valence electrons. The highest BCUT2D eigenvalue weighted by atomic mass is 28.3. The van der Waals surface area contributed by atoms with Gasteiger partial charge in [-0.15, -0.1) is 0 Å². The van der Waals surface area contributed by atoms with E-state index in [1.54, 1.807) is 41.5 Å². The van der Waals surface area contributed by atoms with E-state index < -0.39 is 43.2 Å². The molecule has 0 aromatic heterocycles. The van der Waals surface area contributed by atoms with Gasteiger partial charge in [-0.25, -0.2) is 14.4 Å². The third-order valence-electron chi connectivity index (χ3n) is 4.52. The van der Waals surface area contributed by atoms with Gasteiger partial charge in [-0.1, -0.05) is 26.3 Å². The summed E-state index contributed by atoms with van der Waals surface area (Å²) in [5, 5.41) is 0. The van der Waals surface area contributed by atoms with Crippen LogP contribution >= 0.6 is 0 Å². The van der Waals surface area contributed by atoms with E-state index in [0.717, 1.165) is 0 Å². The van der Waals surface area contributed by atoms with Crippen molar-refractivity contribution in [3.8, 4) is 0 Å². The summed E-state index contributed by atoms with van der Waals surface area (Å²) in [5.41, 5.74) is -1.04. The molecule has 0 heterocycles. The summed E-state index contributed by atoms with van der Waals surface area (Å²) in [7, 11) is -2.84. The van der Waals surface area contributed by atoms with E-state index in [4.69, 9.17) is 14.2 Å². The van der Waals surface area contributed by atoms with Crippen LogP contribution in [0.4, 0.5) is 0 Å². The highest BCUT2D eigenvalue weighted by Gasteiger charge is 2.51. The highest BCUT2D eigenvalue weighted by Crippen LogP contribution is 2.27. The topological polar surface area (TPSA) is 78.9 Å². The zero-order chi connectivity index (χ0) is 20.8. The van der Waals surface area contributed by atoms with Gasteiger partial charge in [0.05, 0.1) is 17.2 Å². The van der Waals surface area contributed by atoms with E-state index in [0.29, 0.717) is 0 Å². The van der Waals surface area contributed by atoms with Crippen LogP contribution < -0.4 is 0 Å². The van der Waals surface area contributed by atoms with Gasteiger partial charge in [0.1, 0.15) is 0 Å². The molecule has 0 spiro atoms. The van der Waals surface area contributed by atoms with Gasteiger partial charge >= 0.3 is 17.9 Å². The fraction of sp³-hybridized carbons (Fsp3) is 0.526. The molecular formula is C19H30O6Si. The number of carbonyl (C=O) groups is 3. The van der Waals surface area contributed by atoms with Gasteiger partial charge < -0.3 is 14.2 Å². The van der Waals surface area contributed by atoms with Gasteiger partial charge in [0.15, 0.2) is 8.07 Å². The molecule has 0 radical (unpaired) electrons. The van der Waals surface area contributed by atoms with Crippen LogP contribution in [0.1, 0.15) is 41.5 Å². The van der Waals surface area contributed by atoms with Crippen molar-refractivity contribution in [1.29, 1.82) is 0 Å². The standard InChI is InChI=1S/C19H30O6Si/c1-11(2)17(20)23-14(7)26(10,15(8)24-18(21)12(3)4)16(9)25-19(22)13(5)6/h14-16H,1,3,5H2,2,4,6-10H3. The summed E-state index contributed by atoms with van der Waals surface area (Å²) in [6.45, 7) is 22.3. The van der Waals surface area contributed by atoms with Crippen molar-refractivity contribution < 1.29 is 28.6 Å². The third kappa shape index (κ3) is 5.98. The van der Waals surface area contributed by atoms with Crippen molar-refractivity contribution in [2.45, 2.75) is 65.3 Å². The minimum Gasteiger partial charge on any atom is -0.463 e. The fourth-order valence-corrected chi connectivity index (χ4v) is 5.22. The molecule has 7 heteroatoms. The molecule has 0 saturated carbocycles. The Morgan fingerprint density at radius 3 is 1.00 bits per heavy atom. The zero-order valence-corrected chi connectivity index (χ0v) is 17.8. The van der Waals surface area contributed by atoms with E-state index >= 15 is 0 Å². The lowest BCUT2D eigenvalue weighted by Crippen LogP contribution is -2.64. The molecule has 0 aromatic carbocycles. The van der Waals surface area contributed by atoms with Gasteiger partial charge in [0.2, 0.25) is 0 Å². The minimum absolute atomic E-state index is 0.256. The molecule has 0 N–H and O–H groups in total. The predicted molar refractivity (Wildman–Crippen MR) is 103 cm³/mol. The van der Waals surface area contributed by atoms with E-state index in [1.807, 2.05) is 6.55 Å². The van der Waals surface area contributed by atoms with E-state index in [9.17, 15) is 14.4 Å². The number of hydrogen-bond donors (Lipinski definition) is 0. The lowest BCUT2D eigenvalue weighted by atomic mass is 10.4. The second kappa shape index (κ2) is 9.52. The molecular weight excluding hydrogens is 352 g/mol. The van der Waals surface area contributed by atoms with Crippen LogP contribution in [0.15, 0.2) is 36.5 Å². The number of esters is 3.